The molecule has 0 atom stereocenters. The van der Waals surface area contributed by atoms with E-state index in [1.165, 1.54) is 19.2 Å². The van der Waals surface area contributed by atoms with E-state index < -0.39 is 0 Å². The summed E-state index contributed by atoms with van der Waals surface area (Å²) >= 11 is 4.90. The van der Waals surface area contributed by atoms with E-state index in [2.05, 4.69) is 15.3 Å². The van der Waals surface area contributed by atoms with E-state index in [0.29, 0.717) is 28.8 Å². The lowest BCUT2D eigenvalue weighted by molar-refractivity contribution is 0.413. The van der Waals surface area contributed by atoms with E-state index in [4.69, 9.17) is 22.7 Å². The van der Waals surface area contributed by atoms with Gasteiger partial charge < -0.3 is 15.8 Å². The molecule has 0 radical (unpaired) electrons. The van der Waals surface area contributed by atoms with Crippen molar-refractivity contribution in [3.05, 3.63) is 41.5 Å². The van der Waals surface area contributed by atoms with Crippen molar-refractivity contribution >= 4 is 28.8 Å². The summed E-state index contributed by atoms with van der Waals surface area (Å²) in [5, 5.41) is 2.96. The lowest BCUT2D eigenvalue weighted by Gasteiger charge is -2.11. The molecule has 0 bridgehead atoms. The van der Waals surface area contributed by atoms with Crippen LogP contribution >= 0.6 is 12.2 Å². The lowest BCUT2D eigenvalue weighted by Crippen LogP contribution is -2.14. The molecule has 1 aromatic heterocycles. The Labute approximate surface area is 121 Å². The number of anilines is 2. The third-order valence-corrected chi connectivity index (χ3v) is 2.73. The second-order valence-corrected chi connectivity index (χ2v) is 4.49. The van der Waals surface area contributed by atoms with Crippen molar-refractivity contribution in [2.24, 2.45) is 5.73 Å². The molecular weight excluding hydrogens is 279 g/mol. The van der Waals surface area contributed by atoms with Crippen LogP contribution in [0.2, 0.25) is 0 Å². The zero-order valence-electron chi connectivity index (χ0n) is 11.0. The molecular formula is C13H13FN4OS. The SMILES string of the molecule is COc1cc(F)ccc1Nc1nc(C)cc(C(N)=S)n1. The maximum absolute atomic E-state index is 13.1. The second-order valence-electron chi connectivity index (χ2n) is 4.05. The van der Waals surface area contributed by atoms with Crippen LogP contribution in [-0.2, 0) is 0 Å². The number of ether oxygens (including phenoxy) is 1. The molecule has 5 nitrogen and oxygen atoms in total. The number of halogens is 1. The van der Waals surface area contributed by atoms with E-state index in [1.807, 2.05) is 0 Å². The number of hydrogen-bond donors (Lipinski definition) is 2. The molecule has 20 heavy (non-hydrogen) atoms. The minimum atomic E-state index is -0.388. The Balaban J connectivity index is 2.37. The third kappa shape index (κ3) is 3.18. The highest BCUT2D eigenvalue weighted by Crippen LogP contribution is 2.27. The fraction of sp³-hybridized carbons (Fsp3) is 0.154. The Kier molecular flexibility index (Phi) is 4.09. The number of nitrogens with one attached hydrogen (secondary N) is 1. The molecule has 0 aliphatic rings. The fourth-order valence-corrected chi connectivity index (χ4v) is 1.74. The highest BCUT2D eigenvalue weighted by atomic mass is 32.1. The highest BCUT2D eigenvalue weighted by molar-refractivity contribution is 7.80. The molecule has 1 heterocycles. The number of nitrogens with two attached hydrogens (primary N) is 1. The van der Waals surface area contributed by atoms with Gasteiger partial charge in [0.05, 0.1) is 12.8 Å². The molecule has 7 heteroatoms. The zero-order chi connectivity index (χ0) is 14.7. The van der Waals surface area contributed by atoms with Gasteiger partial charge in [0.2, 0.25) is 5.95 Å². The maximum Gasteiger partial charge on any atom is 0.228 e. The Bertz CT molecular complexity index is 663. The molecule has 104 valence electrons. The molecule has 0 aliphatic carbocycles. The number of hydrogen-bond acceptors (Lipinski definition) is 5. The molecule has 0 aliphatic heterocycles. The van der Waals surface area contributed by atoms with Gasteiger partial charge in [-0.3, -0.25) is 0 Å². The maximum atomic E-state index is 13.1. The molecule has 0 amide bonds. The normalized spacial score (nSPS) is 10.2. The molecule has 0 unspecified atom stereocenters. The van der Waals surface area contributed by atoms with Crippen LogP contribution in [-0.4, -0.2) is 22.1 Å². The molecule has 0 fully saturated rings. The van der Waals surface area contributed by atoms with Crippen LogP contribution in [0.5, 0.6) is 5.75 Å². The van der Waals surface area contributed by atoms with Gasteiger partial charge in [0.25, 0.3) is 0 Å². The van der Waals surface area contributed by atoms with E-state index in [1.54, 1.807) is 19.1 Å². The minimum absolute atomic E-state index is 0.185. The number of nitrogens with zero attached hydrogens (tertiary/aromatic N) is 2. The average molecular weight is 292 g/mol. The number of aromatic nitrogens is 2. The fourth-order valence-electron chi connectivity index (χ4n) is 1.64. The van der Waals surface area contributed by atoms with Crippen LogP contribution in [0.1, 0.15) is 11.4 Å². The van der Waals surface area contributed by atoms with Gasteiger partial charge in [-0.1, -0.05) is 12.2 Å². The average Bonchev–Trinajstić information content (AvgIpc) is 2.40. The summed E-state index contributed by atoms with van der Waals surface area (Å²) in [6.45, 7) is 1.80. The number of methoxy groups -OCH3 is 1. The van der Waals surface area contributed by atoms with Crippen molar-refractivity contribution in [1.29, 1.82) is 0 Å². The third-order valence-electron chi connectivity index (χ3n) is 2.52. The molecule has 3 N–H and O–H groups in total. The van der Waals surface area contributed by atoms with E-state index in [9.17, 15) is 4.39 Å². The minimum Gasteiger partial charge on any atom is -0.494 e. The van der Waals surface area contributed by atoms with Gasteiger partial charge in [-0.05, 0) is 25.1 Å². The molecule has 1 aromatic carbocycles. The first-order valence-electron chi connectivity index (χ1n) is 5.75. The van der Waals surface area contributed by atoms with Crippen molar-refractivity contribution < 1.29 is 9.13 Å². The van der Waals surface area contributed by atoms with E-state index in [0.717, 1.165) is 0 Å². The first-order chi connectivity index (χ1) is 9.49. The van der Waals surface area contributed by atoms with Gasteiger partial charge in [0.1, 0.15) is 22.2 Å². The zero-order valence-corrected chi connectivity index (χ0v) is 11.8. The summed E-state index contributed by atoms with van der Waals surface area (Å²) in [6, 6.07) is 5.82. The van der Waals surface area contributed by atoms with Gasteiger partial charge in [-0.2, -0.15) is 0 Å². The van der Waals surface area contributed by atoms with Crippen molar-refractivity contribution in [1.82, 2.24) is 9.97 Å². The van der Waals surface area contributed by atoms with Crippen molar-refractivity contribution in [3.63, 3.8) is 0 Å². The molecule has 2 aromatic rings. The van der Waals surface area contributed by atoms with Crippen LogP contribution in [0.15, 0.2) is 24.3 Å². The van der Waals surface area contributed by atoms with Crippen molar-refractivity contribution in [2.45, 2.75) is 6.92 Å². The van der Waals surface area contributed by atoms with E-state index in [-0.39, 0.29) is 10.8 Å². The smallest absolute Gasteiger partial charge is 0.228 e. The Hall–Kier alpha value is -2.28. The first kappa shape index (κ1) is 14.1. The Morgan fingerprint density at radius 1 is 1.35 bits per heavy atom. The summed E-state index contributed by atoms with van der Waals surface area (Å²) in [5.41, 5.74) is 7.29. The van der Waals surface area contributed by atoms with Crippen LogP contribution in [0.4, 0.5) is 16.0 Å². The van der Waals surface area contributed by atoms with Crippen molar-refractivity contribution in [2.75, 3.05) is 12.4 Å². The molecule has 0 saturated carbocycles. The van der Waals surface area contributed by atoms with Gasteiger partial charge in [0, 0.05) is 11.8 Å². The number of aryl methyl sites for hydroxylation is 1. The monoisotopic (exact) mass is 292 g/mol. The van der Waals surface area contributed by atoms with Crippen LogP contribution < -0.4 is 15.8 Å². The van der Waals surface area contributed by atoms with Crippen LogP contribution in [0.3, 0.4) is 0 Å². The van der Waals surface area contributed by atoms with Crippen LogP contribution in [0, 0.1) is 12.7 Å². The van der Waals surface area contributed by atoms with Crippen molar-refractivity contribution in [3.8, 4) is 5.75 Å². The largest absolute Gasteiger partial charge is 0.494 e. The van der Waals surface area contributed by atoms with Gasteiger partial charge in [-0.25, -0.2) is 14.4 Å². The second kappa shape index (κ2) is 5.79. The topological polar surface area (TPSA) is 73.1 Å². The predicted octanol–water partition coefficient (Wildman–Crippen LogP) is 2.31. The van der Waals surface area contributed by atoms with E-state index >= 15 is 0 Å². The van der Waals surface area contributed by atoms with Gasteiger partial charge in [-0.15, -0.1) is 0 Å². The number of thiocarbonyl (C=S) groups is 1. The summed E-state index contributed by atoms with van der Waals surface area (Å²) in [4.78, 5) is 8.60. The highest BCUT2D eigenvalue weighted by Gasteiger charge is 2.09. The quantitative estimate of drug-likeness (QED) is 0.843. The van der Waals surface area contributed by atoms with Gasteiger partial charge >= 0.3 is 0 Å². The number of benzene rings is 1. The summed E-state index contributed by atoms with van der Waals surface area (Å²) in [6.07, 6.45) is 0. The standard InChI is InChI=1S/C13H13FN4OS/c1-7-5-10(12(15)20)18-13(16-7)17-9-4-3-8(14)6-11(9)19-2/h3-6H,1-2H3,(H2,15,20)(H,16,17,18). The van der Waals surface area contributed by atoms with Crippen LogP contribution in [0.25, 0.3) is 0 Å². The Morgan fingerprint density at radius 2 is 2.10 bits per heavy atom. The first-order valence-corrected chi connectivity index (χ1v) is 6.16. The lowest BCUT2D eigenvalue weighted by atomic mass is 10.3. The van der Waals surface area contributed by atoms with Gasteiger partial charge in [0.15, 0.2) is 0 Å². The molecule has 2 rings (SSSR count). The predicted molar refractivity (Wildman–Crippen MR) is 78.9 cm³/mol. The summed E-state index contributed by atoms with van der Waals surface area (Å²) in [7, 11) is 1.46. The summed E-state index contributed by atoms with van der Waals surface area (Å²) < 4.78 is 18.2. The molecule has 0 saturated heterocycles. The summed E-state index contributed by atoms with van der Waals surface area (Å²) in [5.74, 6) is 0.283. The number of rotatable bonds is 4. The Morgan fingerprint density at radius 3 is 2.75 bits per heavy atom. The molecule has 0 spiro atoms.